The molecule has 49 heavy (non-hydrogen) atoms. The smallest absolute Gasteiger partial charge is 0.0906 e. The first kappa shape index (κ1) is 33.6. The zero-order valence-electron chi connectivity index (χ0n) is 28.6. The number of nitrogens with zero attached hydrogens (tertiary/aromatic N) is 1. The quantitative estimate of drug-likeness (QED) is 0.0976. The highest BCUT2D eigenvalue weighted by Crippen LogP contribution is 2.91. The minimum absolute atomic E-state index is 0.349. The zero-order chi connectivity index (χ0) is 33.7. The fraction of sp³-hybridized carbons (Fsp3) is 0.174. The van der Waals surface area contributed by atoms with Crippen LogP contribution in [0, 0.1) is 13.3 Å². The normalized spacial score (nSPS) is 17.3. The molecule has 2 atom stereocenters. The van der Waals surface area contributed by atoms with Gasteiger partial charge in [-0.2, -0.15) is 6.66 Å². The molecule has 0 spiro atoms. The van der Waals surface area contributed by atoms with Gasteiger partial charge in [0.1, 0.15) is 0 Å². The molecular formula is C46H47NP2. The summed E-state index contributed by atoms with van der Waals surface area (Å²) in [5, 5.41) is 2.67. The van der Waals surface area contributed by atoms with Crippen molar-refractivity contribution in [1.82, 2.24) is 4.44 Å². The third kappa shape index (κ3) is 6.58. The molecule has 0 amide bonds. The van der Waals surface area contributed by atoms with Crippen LogP contribution in [-0.2, 0) is 0 Å². The van der Waals surface area contributed by atoms with E-state index in [1.165, 1.54) is 44.0 Å². The largest absolute Gasteiger partial charge is 0.158 e. The second-order valence-electron chi connectivity index (χ2n) is 13.4. The molecule has 1 aliphatic rings. The maximum atomic E-state index is 5.54. The van der Waals surface area contributed by atoms with Gasteiger partial charge >= 0.3 is 0 Å². The monoisotopic (exact) mass is 675 g/mol. The average molecular weight is 676 g/mol. The SMILES string of the molecule is [CH2-][P+](c1ccccc1)(c1ccccc1)N(CCCC)[P+]1([CH2-])[C@H](c2ccc(-c3ccccc3)cc2)CC[C@H]1c1ccc(-c2ccccc2)cc1. The summed E-state index contributed by atoms with van der Waals surface area (Å²) in [5.74, 6) is 0. The number of hydrogen-bond donors (Lipinski definition) is 0. The van der Waals surface area contributed by atoms with Crippen LogP contribution in [0.25, 0.3) is 22.3 Å². The van der Waals surface area contributed by atoms with Crippen LogP contribution in [0.2, 0.25) is 0 Å². The summed E-state index contributed by atoms with van der Waals surface area (Å²) in [7, 11) is -4.47. The van der Waals surface area contributed by atoms with Crippen LogP contribution in [0.15, 0.2) is 170 Å². The van der Waals surface area contributed by atoms with E-state index < -0.39 is 14.8 Å². The van der Waals surface area contributed by atoms with E-state index in [2.05, 4.69) is 181 Å². The lowest BCUT2D eigenvalue weighted by atomic mass is 9.99. The van der Waals surface area contributed by atoms with Gasteiger partial charge in [0, 0.05) is 7.41 Å². The Morgan fingerprint density at radius 1 is 0.531 bits per heavy atom. The molecular weight excluding hydrogens is 628 g/mol. The molecule has 6 aromatic carbocycles. The first-order valence-electron chi connectivity index (χ1n) is 17.7. The highest BCUT2D eigenvalue weighted by atomic mass is 31.2. The van der Waals surface area contributed by atoms with E-state index in [-0.39, 0.29) is 0 Å². The minimum atomic E-state index is -2.29. The molecule has 7 rings (SSSR count). The van der Waals surface area contributed by atoms with Crippen molar-refractivity contribution in [3.63, 3.8) is 0 Å². The minimum Gasteiger partial charge on any atom is -0.158 e. The Hall–Kier alpha value is -3.86. The molecule has 1 fully saturated rings. The number of benzene rings is 6. The van der Waals surface area contributed by atoms with E-state index in [0.29, 0.717) is 11.3 Å². The third-order valence-electron chi connectivity index (χ3n) is 10.5. The summed E-state index contributed by atoms with van der Waals surface area (Å²) in [4.78, 5) is 0. The second-order valence-corrected chi connectivity index (χ2v) is 20.2. The van der Waals surface area contributed by atoms with Crippen molar-refractivity contribution in [3.8, 4) is 22.3 Å². The first-order chi connectivity index (χ1) is 24.0. The lowest BCUT2D eigenvalue weighted by Crippen LogP contribution is -2.37. The third-order valence-corrected chi connectivity index (χ3v) is 20.0. The predicted octanol–water partition coefficient (Wildman–Crippen LogP) is 12.8. The summed E-state index contributed by atoms with van der Waals surface area (Å²) in [5.41, 5.74) is 8.57. The zero-order valence-corrected chi connectivity index (χ0v) is 30.4. The van der Waals surface area contributed by atoms with Gasteiger partial charge in [0.2, 0.25) is 0 Å². The van der Waals surface area contributed by atoms with Crippen molar-refractivity contribution in [2.75, 3.05) is 6.54 Å². The van der Waals surface area contributed by atoms with Crippen molar-refractivity contribution in [3.05, 3.63) is 194 Å². The summed E-state index contributed by atoms with van der Waals surface area (Å²) in [6, 6.07) is 62.7. The van der Waals surface area contributed by atoms with Gasteiger partial charge in [-0.1, -0.05) is 159 Å². The highest BCUT2D eigenvalue weighted by Gasteiger charge is 2.60. The van der Waals surface area contributed by atoms with E-state index >= 15 is 0 Å². The van der Waals surface area contributed by atoms with Gasteiger partial charge in [-0.05, 0) is 76.9 Å². The maximum Gasteiger partial charge on any atom is 0.0906 e. The molecule has 1 nitrogen and oxygen atoms in total. The van der Waals surface area contributed by atoms with Crippen LogP contribution in [-0.4, -0.2) is 11.0 Å². The van der Waals surface area contributed by atoms with Crippen LogP contribution in [0.5, 0.6) is 0 Å². The standard InChI is InChI=1S/C46H47NP2/c1-4-5-36-47(48(2,43-22-14-8-15-23-43)44-24-16-9-17-25-44)49(3)45(41-30-26-39(27-31-41)37-18-10-6-11-19-37)34-35-46(49)42-32-28-40(29-33-42)38-20-12-7-13-21-38/h6-33,45-46H,2-5,34-36H2,1H3/t45-,46-/m0/s1. The molecule has 0 unspecified atom stereocenters. The van der Waals surface area contributed by atoms with E-state index in [4.69, 9.17) is 13.3 Å². The Morgan fingerprint density at radius 3 is 1.24 bits per heavy atom. The van der Waals surface area contributed by atoms with Crippen LogP contribution >= 0.6 is 14.8 Å². The number of unbranched alkanes of at least 4 members (excludes halogenated alkanes) is 1. The first-order valence-corrected chi connectivity index (χ1v) is 21.7. The fourth-order valence-electron chi connectivity index (χ4n) is 7.91. The Kier molecular flexibility index (Phi) is 10.3. The van der Waals surface area contributed by atoms with Gasteiger partial charge in [-0.3, -0.25) is 0 Å². The van der Waals surface area contributed by atoms with Gasteiger partial charge in [0.15, 0.2) is 0 Å². The molecule has 0 aliphatic carbocycles. The topological polar surface area (TPSA) is 3.24 Å². The van der Waals surface area contributed by atoms with E-state index in [0.717, 1.165) is 32.2 Å². The fourth-order valence-corrected chi connectivity index (χ4v) is 18.4. The van der Waals surface area contributed by atoms with Crippen molar-refractivity contribution in [2.45, 2.75) is 43.9 Å². The van der Waals surface area contributed by atoms with Gasteiger partial charge in [0.25, 0.3) is 0 Å². The Balaban J connectivity index is 1.39. The molecule has 3 heteroatoms. The van der Waals surface area contributed by atoms with Gasteiger partial charge in [-0.15, -0.1) is 11.1 Å². The van der Waals surface area contributed by atoms with Crippen molar-refractivity contribution in [2.24, 2.45) is 0 Å². The summed E-state index contributed by atoms with van der Waals surface area (Å²) in [6.07, 6.45) is 4.50. The van der Waals surface area contributed by atoms with E-state index in [9.17, 15) is 0 Å². The van der Waals surface area contributed by atoms with Gasteiger partial charge in [-0.25, -0.2) is 0 Å². The molecule has 1 aliphatic heterocycles. The summed E-state index contributed by atoms with van der Waals surface area (Å²) in [6.45, 7) is 14.2. The summed E-state index contributed by atoms with van der Waals surface area (Å²) >= 11 is 0. The second kappa shape index (κ2) is 14.9. The highest BCUT2D eigenvalue weighted by molar-refractivity contribution is 7.97. The van der Waals surface area contributed by atoms with E-state index in [1.54, 1.807) is 0 Å². The van der Waals surface area contributed by atoms with Gasteiger partial charge in [0.05, 0.1) is 35.9 Å². The molecule has 1 saturated heterocycles. The molecule has 0 radical (unpaired) electrons. The Morgan fingerprint density at radius 2 is 0.878 bits per heavy atom. The van der Waals surface area contributed by atoms with Crippen LogP contribution in [0.3, 0.4) is 0 Å². The molecule has 0 aromatic heterocycles. The van der Waals surface area contributed by atoms with Crippen molar-refractivity contribution < 1.29 is 0 Å². The number of hydrogen-bond acceptors (Lipinski definition) is 1. The lowest BCUT2D eigenvalue weighted by Gasteiger charge is -2.51. The van der Waals surface area contributed by atoms with Crippen LogP contribution < -0.4 is 10.6 Å². The summed E-state index contributed by atoms with van der Waals surface area (Å²) < 4.78 is 2.94. The predicted molar refractivity (Wildman–Crippen MR) is 217 cm³/mol. The van der Waals surface area contributed by atoms with Crippen molar-refractivity contribution in [1.29, 1.82) is 0 Å². The Labute approximate surface area is 295 Å². The lowest BCUT2D eigenvalue weighted by molar-refractivity contribution is 0.620. The average Bonchev–Trinajstić information content (AvgIpc) is 3.53. The molecule has 246 valence electrons. The Bertz CT molecular complexity index is 1780. The molecule has 0 saturated carbocycles. The van der Waals surface area contributed by atoms with Crippen molar-refractivity contribution >= 4 is 25.4 Å². The molecule has 0 bridgehead atoms. The molecule has 1 heterocycles. The maximum absolute atomic E-state index is 5.54. The molecule has 0 N–H and O–H groups in total. The number of rotatable bonds is 11. The van der Waals surface area contributed by atoms with Crippen LogP contribution in [0.4, 0.5) is 0 Å². The van der Waals surface area contributed by atoms with E-state index in [1.807, 2.05) is 0 Å². The van der Waals surface area contributed by atoms with Gasteiger partial charge < -0.3 is 0 Å². The molecule has 6 aromatic rings. The van der Waals surface area contributed by atoms with Crippen LogP contribution in [0.1, 0.15) is 55.1 Å².